The summed E-state index contributed by atoms with van der Waals surface area (Å²) in [6, 6.07) is 1.29. The van der Waals surface area contributed by atoms with Crippen LogP contribution in [0.2, 0.25) is 0 Å². The maximum atomic E-state index is 14.4. The van der Waals surface area contributed by atoms with Crippen molar-refractivity contribution in [3.8, 4) is 0 Å². The number of aryl methyl sites for hydroxylation is 1. The van der Waals surface area contributed by atoms with Gasteiger partial charge in [0.1, 0.15) is 23.0 Å². The number of aromatic nitrogens is 3. The Hall–Kier alpha value is -4.57. The van der Waals surface area contributed by atoms with Gasteiger partial charge < -0.3 is 169 Å². The number of thiophene rings is 1. The van der Waals surface area contributed by atoms with Crippen molar-refractivity contribution < 1.29 is 152 Å². The molecule has 1 aliphatic heterocycles. The molecule has 3 aromatic heterocycles. The molecule has 1 saturated heterocycles. The number of carbonyl (C=O) groups is 3. The van der Waals surface area contributed by atoms with Crippen LogP contribution in [0.15, 0.2) is 6.07 Å². The van der Waals surface area contributed by atoms with Gasteiger partial charge in [-0.1, -0.05) is 13.3 Å². The monoisotopic (exact) mass is 1890 g/mol. The normalized spacial score (nSPS) is 13.2. The van der Waals surface area contributed by atoms with Crippen LogP contribution in [0, 0.1) is 0 Å². The molecule has 0 aliphatic carbocycles. The number of ether oxygens (including phenoxy) is 29. The fourth-order valence-corrected chi connectivity index (χ4v) is 13.4. The summed E-state index contributed by atoms with van der Waals surface area (Å²) < 4.78 is 162. The van der Waals surface area contributed by atoms with Crippen LogP contribution in [0.3, 0.4) is 0 Å². The average molecular weight is 1890 g/mol. The molecular weight excluding hydrogens is 1730 g/mol. The van der Waals surface area contributed by atoms with E-state index >= 15 is 0 Å². The fraction of sp³-hybridized carbons (Fsp3) is 0.876. The van der Waals surface area contributed by atoms with Gasteiger partial charge >= 0.3 is 6.09 Å². The number of imidazole rings is 1. The van der Waals surface area contributed by atoms with E-state index in [1.54, 1.807) is 39.9 Å². The largest absolute Gasteiger partial charge is 0.444 e. The number of nitrogens with two attached hydrogens (primary N) is 1. The van der Waals surface area contributed by atoms with Crippen LogP contribution in [0.5, 0.6) is 0 Å². The number of alkyl carbamates (subject to hydrolysis) is 1. The van der Waals surface area contributed by atoms with E-state index < -0.39 is 17.7 Å². The van der Waals surface area contributed by atoms with Gasteiger partial charge in [0, 0.05) is 58.1 Å². The molecule has 41 heteroatoms. The summed E-state index contributed by atoms with van der Waals surface area (Å²) in [6.45, 7) is 34.6. The third-order valence-electron chi connectivity index (χ3n) is 19.0. The first-order chi connectivity index (χ1) is 63.9. The van der Waals surface area contributed by atoms with Crippen molar-refractivity contribution in [1.82, 2.24) is 35.4 Å². The Balaban J connectivity index is 0.946. The third kappa shape index (κ3) is 67.6. The molecule has 0 aromatic carbocycles. The maximum absolute atomic E-state index is 14.4. The minimum absolute atomic E-state index is 0.162. The molecule has 0 unspecified atom stereocenters. The number of amides is 3. The predicted molar refractivity (Wildman–Crippen MR) is 487 cm³/mol. The van der Waals surface area contributed by atoms with Crippen molar-refractivity contribution in [2.24, 2.45) is 0 Å². The Labute approximate surface area is 775 Å². The maximum Gasteiger partial charge on any atom is 0.408 e. The lowest BCUT2D eigenvalue weighted by Gasteiger charge is -2.31. The number of unbranched alkanes of at least 4 members (excludes halogenated alkanes) is 2. The summed E-state index contributed by atoms with van der Waals surface area (Å²) in [6.07, 6.45) is 6.11. The van der Waals surface area contributed by atoms with Crippen molar-refractivity contribution in [2.45, 2.75) is 103 Å². The van der Waals surface area contributed by atoms with Gasteiger partial charge in [-0.05, 0) is 84.4 Å². The molecule has 758 valence electrons. The lowest BCUT2D eigenvalue weighted by atomic mass is 9.95. The molecular formula is C89H164N8O32S. The first kappa shape index (κ1) is 118. The molecule has 130 heavy (non-hydrogen) atoms. The van der Waals surface area contributed by atoms with Gasteiger partial charge in [0.05, 0.1) is 373 Å². The van der Waals surface area contributed by atoms with E-state index in [2.05, 4.69) is 33.5 Å². The first-order valence-electron chi connectivity index (χ1n) is 46.8. The van der Waals surface area contributed by atoms with Crippen molar-refractivity contribution >= 4 is 56.3 Å². The highest BCUT2D eigenvalue weighted by Gasteiger charge is 2.29. The van der Waals surface area contributed by atoms with Crippen LogP contribution in [0.25, 0.3) is 21.3 Å². The number of likely N-dealkylation sites (tertiary alicyclic amines) is 1. The second kappa shape index (κ2) is 86.0. The molecule has 5 N–H and O–H groups in total. The Bertz CT molecular complexity index is 2990. The van der Waals surface area contributed by atoms with E-state index in [1.165, 1.54) is 4.88 Å². The fourth-order valence-electron chi connectivity index (χ4n) is 12.1. The predicted octanol–water partition coefficient (Wildman–Crippen LogP) is 5.40. The van der Waals surface area contributed by atoms with Crippen LogP contribution in [0.1, 0.15) is 95.7 Å². The van der Waals surface area contributed by atoms with Crippen molar-refractivity contribution in [3.63, 3.8) is 0 Å². The minimum atomic E-state index is -0.943. The number of anilines is 1. The van der Waals surface area contributed by atoms with Gasteiger partial charge in [-0.3, -0.25) is 9.59 Å². The molecule has 0 bridgehead atoms. The van der Waals surface area contributed by atoms with Crippen molar-refractivity contribution in [3.05, 3.63) is 16.8 Å². The summed E-state index contributed by atoms with van der Waals surface area (Å²) in [7, 11) is 3.27. The standard InChI is InChI=1S/C89H164N8O32S/c1-7-8-12-81-94-83-84(95-81)86(90)92-79-76-80(130-85(79)83)77-13-17-96(18-14-77)19-23-104-31-35-110-43-47-116-55-59-122-67-73-128-75-74-127-70-66-121-58-54-115-46-42-109-34-30-103-22-15-82(98)91-16-10-9-11-78(93-88(100)129-89(2,3)4)87(99)97(20-24-105-32-36-111-44-48-117-56-60-123-68-71-125-64-62-119-52-50-113-40-38-107-28-26-101-5)21-25-106-33-37-112-45-49-118-57-61-124-69-72-126-65-63-120-53-51-114-41-39-108-29-27-102-6/h76-78H,7-75H2,1-6H3,(H2,90,92)(H,91,98)(H,93,100)(H,94,95)/t78-/m0/s1. The molecule has 0 radical (unpaired) electrons. The lowest BCUT2D eigenvalue weighted by molar-refractivity contribution is -0.135. The molecule has 1 fully saturated rings. The van der Waals surface area contributed by atoms with E-state index in [-0.39, 0.29) is 70.8 Å². The van der Waals surface area contributed by atoms with E-state index in [0.29, 0.717) is 355 Å². The van der Waals surface area contributed by atoms with Crippen LogP contribution in [0.4, 0.5) is 10.6 Å². The highest BCUT2D eigenvalue weighted by Crippen LogP contribution is 2.39. The second-order valence-corrected chi connectivity index (χ2v) is 31.6. The van der Waals surface area contributed by atoms with Gasteiger partial charge in [-0.25, -0.2) is 14.8 Å². The van der Waals surface area contributed by atoms with Crippen LogP contribution >= 0.6 is 11.3 Å². The van der Waals surface area contributed by atoms with Gasteiger partial charge in [-0.2, -0.15) is 0 Å². The van der Waals surface area contributed by atoms with E-state index in [1.807, 2.05) is 11.3 Å². The second-order valence-electron chi connectivity index (χ2n) is 30.5. The Morgan fingerprint density at radius 2 is 0.769 bits per heavy atom. The quantitative estimate of drug-likeness (QED) is 0.0514. The number of fused-ring (bicyclic) bond motifs is 3. The van der Waals surface area contributed by atoms with Crippen LogP contribution < -0.4 is 16.4 Å². The summed E-state index contributed by atoms with van der Waals surface area (Å²) in [5.41, 5.74) is 8.31. The Morgan fingerprint density at radius 1 is 0.446 bits per heavy atom. The molecule has 0 saturated carbocycles. The lowest BCUT2D eigenvalue weighted by Crippen LogP contribution is -2.51. The Morgan fingerprint density at radius 3 is 1.10 bits per heavy atom. The SMILES string of the molecule is CCCCc1nc2c(N)nc3cc(C4CCN(CCOCCOCCOCCOCCOCCOCCOCCOCCOCCOCCC(=O)NCCCC[C@H](NC(=O)OC(C)(C)C)C(=O)N(CCOCCOCCOCCOCCOCCOCCOCCOCCOC)CCOCCOCCOCCOCCOCCOCCOCCOCCOC)CC4)sc3c2[nH]1. The van der Waals surface area contributed by atoms with Gasteiger partial charge in [0.15, 0.2) is 5.82 Å². The average Bonchev–Trinajstić information content (AvgIpc) is 1.61. The number of piperidine rings is 1. The number of H-pyrrole nitrogens is 1. The molecule has 1 atom stereocenters. The topological polar surface area (TPSA) is 417 Å². The van der Waals surface area contributed by atoms with E-state index in [4.69, 9.17) is 153 Å². The summed E-state index contributed by atoms with van der Waals surface area (Å²) in [4.78, 5) is 58.8. The molecule has 0 spiro atoms. The minimum Gasteiger partial charge on any atom is -0.444 e. The zero-order chi connectivity index (χ0) is 92.8. The number of carbonyl (C=O) groups excluding carboxylic acids is 3. The highest BCUT2D eigenvalue weighted by atomic mass is 32.1. The smallest absolute Gasteiger partial charge is 0.408 e. The molecule has 4 rings (SSSR count). The van der Waals surface area contributed by atoms with E-state index in [9.17, 15) is 14.4 Å². The summed E-state index contributed by atoms with van der Waals surface area (Å²) in [5, 5.41) is 5.72. The Kier molecular flexibility index (Phi) is 77.9. The molecule has 40 nitrogen and oxygen atoms in total. The molecule has 3 amide bonds. The number of rotatable bonds is 98. The molecule has 1 aliphatic rings. The zero-order valence-corrected chi connectivity index (χ0v) is 80.2. The zero-order valence-electron chi connectivity index (χ0n) is 79.4. The van der Waals surface area contributed by atoms with Crippen molar-refractivity contribution in [1.29, 1.82) is 0 Å². The number of nitrogens with zero attached hydrogens (tertiary/aromatic N) is 4. The number of hydrogen-bond acceptors (Lipinski definition) is 37. The summed E-state index contributed by atoms with van der Waals surface area (Å²) >= 11 is 1.84. The molecule has 4 heterocycles. The third-order valence-corrected chi connectivity index (χ3v) is 20.3. The summed E-state index contributed by atoms with van der Waals surface area (Å²) in [5.74, 6) is 1.50. The van der Waals surface area contributed by atoms with Crippen molar-refractivity contribution in [2.75, 3.05) is 416 Å². The number of pyridine rings is 1. The molecule has 3 aromatic rings. The van der Waals surface area contributed by atoms with Gasteiger partial charge in [-0.15, -0.1) is 11.3 Å². The van der Waals surface area contributed by atoms with Gasteiger partial charge in [0.2, 0.25) is 11.8 Å². The number of aromatic amines is 1. The number of hydrogen-bond donors (Lipinski definition) is 4. The van der Waals surface area contributed by atoms with Crippen LogP contribution in [-0.2, 0) is 153 Å². The van der Waals surface area contributed by atoms with Gasteiger partial charge in [0.25, 0.3) is 0 Å². The number of nitrogens with one attached hydrogen (secondary N) is 3. The van der Waals surface area contributed by atoms with E-state index in [0.717, 1.165) is 78.8 Å². The number of nitrogen functional groups attached to an aromatic ring is 1. The number of methoxy groups -OCH3 is 2. The first-order valence-corrected chi connectivity index (χ1v) is 47.6. The highest BCUT2D eigenvalue weighted by molar-refractivity contribution is 7.20. The van der Waals surface area contributed by atoms with Crippen LogP contribution in [-0.4, -0.2) is 465 Å².